The van der Waals surface area contributed by atoms with E-state index in [1.165, 1.54) is 26.9 Å². The summed E-state index contributed by atoms with van der Waals surface area (Å²) in [6.45, 7) is 3.86. The van der Waals surface area contributed by atoms with Gasteiger partial charge >= 0.3 is 5.97 Å². The predicted octanol–water partition coefficient (Wildman–Crippen LogP) is 6.24. The van der Waals surface area contributed by atoms with E-state index >= 15 is 0 Å². The first-order chi connectivity index (χ1) is 18.9. The number of para-hydroxylation sites is 1. The highest BCUT2D eigenvalue weighted by molar-refractivity contribution is 6.05. The van der Waals surface area contributed by atoms with Gasteiger partial charge in [0.15, 0.2) is 18.1 Å². The number of nitrogens with zero attached hydrogens (tertiary/aromatic N) is 1. The molecule has 202 valence electrons. The van der Waals surface area contributed by atoms with Gasteiger partial charge in [-0.25, -0.2) is 9.78 Å². The Morgan fingerprint density at radius 1 is 0.897 bits per heavy atom. The summed E-state index contributed by atoms with van der Waals surface area (Å²) in [7, 11) is 4.59. The summed E-state index contributed by atoms with van der Waals surface area (Å²) in [6.07, 6.45) is 1.03. The van der Waals surface area contributed by atoms with Gasteiger partial charge in [0.05, 0.1) is 38.1 Å². The standard InChI is InChI=1S/C31H32N2O6/c1-6-19(2)20-11-13-22(14-12-20)32-29(34)18-39-31(35)24-17-26(33-25-10-8-7-9-23(24)25)21-15-27(36-3)30(38-5)28(16-21)37-4/h7-17,19H,6,18H2,1-5H3,(H,32,34)/t19-/m1/s1. The van der Waals surface area contributed by atoms with Crippen molar-refractivity contribution >= 4 is 28.5 Å². The predicted molar refractivity (Wildman–Crippen MR) is 151 cm³/mol. The number of fused-ring (bicyclic) bond motifs is 1. The van der Waals surface area contributed by atoms with Crippen molar-refractivity contribution in [3.63, 3.8) is 0 Å². The molecule has 0 radical (unpaired) electrons. The summed E-state index contributed by atoms with van der Waals surface area (Å²) < 4.78 is 21.8. The summed E-state index contributed by atoms with van der Waals surface area (Å²) >= 11 is 0. The molecule has 1 amide bonds. The normalized spacial score (nSPS) is 11.5. The fraction of sp³-hybridized carbons (Fsp3) is 0.258. The monoisotopic (exact) mass is 528 g/mol. The van der Waals surface area contributed by atoms with Crippen molar-refractivity contribution in [1.29, 1.82) is 0 Å². The fourth-order valence-corrected chi connectivity index (χ4v) is 4.26. The van der Waals surface area contributed by atoms with E-state index in [-0.39, 0.29) is 5.56 Å². The maximum atomic E-state index is 13.2. The van der Waals surface area contributed by atoms with E-state index in [1.807, 2.05) is 42.5 Å². The highest BCUT2D eigenvalue weighted by atomic mass is 16.5. The third kappa shape index (κ3) is 6.12. The second-order valence-electron chi connectivity index (χ2n) is 9.04. The van der Waals surface area contributed by atoms with Crippen molar-refractivity contribution in [1.82, 2.24) is 4.98 Å². The number of hydrogen-bond donors (Lipinski definition) is 1. The lowest BCUT2D eigenvalue weighted by molar-refractivity contribution is -0.119. The Kier molecular flexibility index (Phi) is 8.66. The molecule has 39 heavy (non-hydrogen) atoms. The number of anilines is 1. The summed E-state index contributed by atoms with van der Waals surface area (Å²) in [6, 6.07) is 20.1. The minimum Gasteiger partial charge on any atom is -0.493 e. The molecular weight excluding hydrogens is 496 g/mol. The van der Waals surface area contributed by atoms with Gasteiger partial charge in [0.1, 0.15) is 0 Å². The number of benzene rings is 3. The topological polar surface area (TPSA) is 96.0 Å². The average Bonchev–Trinajstić information content (AvgIpc) is 2.98. The lowest BCUT2D eigenvalue weighted by Crippen LogP contribution is -2.21. The van der Waals surface area contributed by atoms with Gasteiger partial charge in [-0.15, -0.1) is 0 Å². The molecule has 3 aromatic carbocycles. The van der Waals surface area contributed by atoms with Gasteiger partial charge < -0.3 is 24.3 Å². The highest BCUT2D eigenvalue weighted by Gasteiger charge is 2.19. The summed E-state index contributed by atoms with van der Waals surface area (Å²) in [5, 5.41) is 3.39. The molecule has 0 spiro atoms. The van der Waals surface area contributed by atoms with Crippen LogP contribution in [0.3, 0.4) is 0 Å². The van der Waals surface area contributed by atoms with Crippen LogP contribution in [0.25, 0.3) is 22.2 Å². The molecule has 8 heteroatoms. The molecular formula is C31H32N2O6. The van der Waals surface area contributed by atoms with Gasteiger partial charge in [-0.3, -0.25) is 4.79 Å². The van der Waals surface area contributed by atoms with E-state index in [9.17, 15) is 9.59 Å². The lowest BCUT2D eigenvalue weighted by Gasteiger charge is -2.15. The van der Waals surface area contributed by atoms with E-state index < -0.39 is 18.5 Å². The number of carbonyl (C=O) groups excluding carboxylic acids is 2. The van der Waals surface area contributed by atoms with E-state index in [2.05, 4.69) is 19.2 Å². The van der Waals surface area contributed by atoms with E-state index in [4.69, 9.17) is 23.9 Å². The molecule has 8 nitrogen and oxygen atoms in total. The van der Waals surface area contributed by atoms with E-state index in [0.29, 0.717) is 51.0 Å². The van der Waals surface area contributed by atoms with E-state index in [1.54, 1.807) is 24.3 Å². The SMILES string of the molecule is CC[C@@H](C)c1ccc(NC(=O)COC(=O)c2cc(-c3cc(OC)c(OC)c(OC)c3)nc3ccccc23)cc1. The Morgan fingerprint density at radius 2 is 1.56 bits per heavy atom. The van der Waals surface area contributed by atoms with Crippen LogP contribution in [0.4, 0.5) is 5.69 Å². The van der Waals surface area contributed by atoms with Crippen LogP contribution in [-0.4, -0.2) is 44.8 Å². The van der Waals surface area contributed by atoms with Crippen molar-refractivity contribution in [2.45, 2.75) is 26.2 Å². The molecule has 1 N–H and O–H groups in total. The van der Waals surface area contributed by atoms with Crippen LogP contribution >= 0.6 is 0 Å². The van der Waals surface area contributed by atoms with Crippen LogP contribution in [-0.2, 0) is 9.53 Å². The van der Waals surface area contributed by atoms with Crippen LogP contribution in [0.15, 0.2) is 66.7 Å². The molecule has 0 aliphatic rings. The number of hydrogen-bond acceptors (Lipinski definition) is 7. The first-order valence-electron chi connectivity index (χ1n) is 12.7. The number of methoxy groups -OCH3 is 3. The second-order valence-corrected chi connectivity index (χ2v) is 9.04. The first kappa shape index (κ1) is 27.4. The Hall–Kier alpha value is -4.59. The molecule has 0 fully saturated rings. The minimum absolute atomic E-state index is 0.287. The number of carbonyl (C=O) groups is 2. The van der Waals surface area contributed by atoms with Crippen LogP contribution in [0.2, 0.25) is 0 Å². The zero-order chi connectivity index (χ0) is 27.9. The van der Waals surface area contributed by atoms with Crippen molar-refractivity contribution in [3.8, 4) is 28.5 Å². The summed E-state index contributed by atoms with van der Waals surface area (Å²) in [5.74, 6) is 0.743. The molecule has 4 rings (SSSR count). The zero-order valence-electron chi connectivity index (χ0n) is 22.7. The van der Waals surface area contributed by atoms with Crippen molar-refractivity contribution in [2.24, 2.45) is 0 Å². The van der Waals surface area contributed by atoms with Crippen LogP contribution in [0.5, 0.6) is 17.2 Å². The molecule has 0 unspecified atom stereocenters. The number of nitrogens with one attached hydrogen (secondary N) is 1. The molecule has 0 aliphatic carbocycles. The van der Waals surface area contributed by atoms with Gasteiger partial charge in [0.25, 0.3) is 5.91 Å². The fourth-order valence-electron chi connectivity index (χ4n) is 4.26. The smallest absolute Gasteiger partial charge is 0.339 e. The van der Waals surface area contributed by atoms with Gasteiger partial charge in [-0.2, -0.15) is 0 Å². The van der Waals surface area contributed by atoms with Crippen LogP contribution in [0.1, 0.15) is 42.1 Å². The maximum absolute atomic E-state index is 13.2. The Bertz CT molecular complexity index is 1460. The maximum Gasteiger partial charge on any atom is 0.339 e. The third-order valence-corrected chi connectivity index (χ3v) is 6.61. The molecule has 0 saturated carbocycles. The number of rotatable bonds is 10. The van der Waals surface area contributed by atoms with E-state index in [0.717, 1.165) is 6.42 Å². The van der Waals surface area contributed by atoms with Crippen molar-refractivity contribution < 1.29 is 28.5 Å². The first-order valence-corrected chi connectivity index (χ1v) is 12.7. The molecule has 1 aromatic heterocycles. The number of aromatic nitrogens is 1. The van der Waals surface area contributed by atoms with Gasteiger partial charge in [-0.1, -0.05) is 44.2 Å². The second kappa shape index (κ2) is 12.3. The van der Waals surface area contributed by atoms with Gasteiger partial charge in [0, 0.05) is 16.6 Å². The third-order valence-electron chi connectivity index (χ3n) is 6.61. The zero-order valence-corrected chi connectivity index (χ0v) is 22.7. The number of esters is 1. The summed E-state index contributed by atoms with van der Waals surface area (Å²) in [5.41, 5.74) is 3.89. The largest absolute Gasteiger partial charge is 0.493 e. The molecule has 0 bridgehead atoms. The molecule has 1 heterocycles. The molecule has 1 atom stereocenters. The molecule has 0 aliphatic heterocycles. The highest BCUT2D eigenvalue weighted by Crippen LogP contribution is 2.41. The van der Waals surface area contributed by atoms with Crippen LogP contribution < -0.4 is 19.5 Å². The van der Waals surface area contributed by atoms with Crippen molar-refractivity contribution in [2.75, 3.05) is 33.3 Å². The quantitative estimate of drug-likeness (QED) is 0.244. The molecule has 0 saturated heterocycles. The molecule has 4 aromatic rings. The number of ether oxygens (including phenoxy) is 4. The Balaban J connectivity index is 1.57. The Labute approximate surface area is 227 Å². The lowest BCUT2D eigenvalue weighted by atomic mass is 9.99. The van der Waals surface area contributed by atoms with Gasteiger partial charge in [0.2, 0.25) is 5.75 Å². The Morgan fingerprint density at radius 3 is 2.18 bits per heavy atom. The minimum atomic E-state index is -0.635. The van der Waals surface area contributed by atoms with Crippen molar-refractivity contribution in [3.05, 3.63) is 77.9 Å². The van der Waals surface area contributed by atoms with Crippen LogP contribution in [0, 0.1) is 0 Å². The summed E-state index contributed by atoms with van der Waals surface area (Å²) in [4.78, 5) is 30.5. The van der Waals surface area contributed by atoms with Gasteiger partial charge in [-0.05, 0) is 54.3 Å². The number of amides is 1. The average molecular weight is 529 g/mol. The number of pyridine rings is 1.